The van der Waals surface area contributed by atoms with Crippen molar-refractivity contribution in [1.29, 1.82) is 0 Å². The summed E-state index contributed by atoms with van der Waals surface area (Å²) in [6.07, 6.45) is 5.56. The Bertz CT molecular complexity index is 1440. The predicted octanol–water partition coefficient (Wildman–Crippen LogP) is 4.50. The molecule has 2 N–H and O–H groups in total. The Balaban J connectivity index is 1.37. The topological polar surface area (TPSA) is 118 Å². The minimum Gasteiger partial charge on any atom is -0.493 e. The molecule has 2 heterocycles. The van der Waals surface area contributed by atoms with E-state index in [2.05, 4.69) is 34.3 Å². The van der Waals surface area contributed by atoms with E-state index in [9.17, 15) is 9.59 Å². The summed E-state index contributed by atoms with van der Waals surface area (Å²) in [6, 6.07) is 13.3. The van der Waals surface area contributed by atoms with Crippen LogP contribution in [0.1, 0.15) is 36.3 Å². The van der Waals surface area contributed by atoms with Crippen LogP contribution in [0, 0.1) is 0 Å². The van der Waals surface area contributed by atoms with E-state index >= 15 is 0 Å². The van der Waals surface area contributed by atoms with Gasteiger partial charge in [-0.25, -0.2) is 9.78 Å². The summed E-state index contributed by atoms with van der Waals surface area (Å²) in [4.78, 5) is 38.2. The van der Waals surface area contributed by atoms with Crippen molar-refractivity contribution in [1.82, 2.24) is 15.3 Å². The van der Waals surface area contributed by atoms with Crippen LogP contribution in [0.2, 0.25) is 0 Å². The van der Waals surface area contributed by atoms with Crippen molar-refractivity contribution in [2.45, 2.75) is 43.8 Å². The van der Waals surface area contributed by atoms with Crippen LogP contribution in [-0.2, 0) is 11.3 Å². The van der Waals surface area contributed by atoms with E-state index in [-0.39, 0.29) is 30.6 Å². The largest absolute Gasteiger partial charge is 0.493 e. The molecular weight excluding hydrogens is 536 g/mol. The first-order valence-electron chi connectivity index (χ1n) is 13.8. The van der Waals surface area contributed by atoms with Crippen molar-refractivity contribution in [2.75, 3.05) is 43.5 Å². The molecule has 0 saturated heterocycles. The molecule has 42 heavy (non-hydrogen) atoms. The molecule has 2 aromatic carbocycles. The van der Waals surface area contributed by atoms with Gasteiger partial charge in [-0.1, -0.05) is 36.9 Å². The maximum absolute atomic E-state index is 13.5. The molecule has 5 rings (SSSR count). The van der Waals surface area contributed by atoms with E-state index in [4.69, 9.17) is 19.2 Å². The summed E-state index contributed by atoms with van der Waals surface area (Å²) in [5, 5.41) is 6.53. The van der Waals surface area contributed by atoms with Crippen LogP contribution in [0.4, 0.5) is 22.2 Å². The predicted molar refractivity (Wildman–Crippen MR) is 161 cm³/mol. The first-order valence-corrected chi connectivity index (χ1v) is 13.8. The van der Waals surface area contributed by atoms with Crippen LogP contribution in [0.5, 0.6) is 17.2 Å². The molecular formula is C31H36N6O5. The number of rotatable bonds is 9. The van der Waals surface area contributed by atoms with Crippen molar-refractivity contribution < 1.29 is 23.8 Å². The number of anilines is 3. The Morgan fingerprint density at radius 2 is 1.76 bits per heavy atom. The van der Waals surface area contributed by atoms with Crippen LogP contribution < -0.4 is 34.6 Å². The Morgan fingerprint density at radius 3 is 2.40 bits per heavy atom. The lowest BCUT2D eigenvalue weighted by Crippen LogP contribution is -2.50. The van der Waals surface area contributed by atoms with Crippen LogP contribution in [0.25, 0.3) is 0 Å². The van der Waals surface area contributed by atoms with Crippen LogP contribution in [-0.4, -0.2) is 62.4 Å². The quantitative estimate of drug-likeness (QED) is 0.360. The number of ether oxygens (including phenoxy) is 3. The van der Waals surface area contributed by atoms with Crippen molar-refractivity contribution in [3.63, 3.8) is 0 Å². The third-order valence-corrected chi connectivity index (χ3v) is 7.92. The molecule has 220 valence electrons. The van der Waals surface area contributed by atoms with Crippen molar-refractivity contribution in [3.8, 4) is 17.2 Å². The third kappa shape index (κ3) is 5.67. The molecule has 0 bridgehead atoms. The number of carbonyl (C=O) groups excluding carboxylic acids is 2. The number of methoxy groups -OCH3 is 3. The lowest BCUT2D eigenvalue weighted by atomic mass is 9.78. The minimum absolute atomic E-state index is 0.0905. The summed E-state index contributed by atoms with van der Waals surface area (Å²) >= 11 is 0. The zero-order valence-corrected chi connectivity index (χ0v) is 24.3. The van der Waals surface area contributed by atoms with Gasteiger partial charge in [-0.3, -0.25) is 14.6 Å². The van der Waals surface area contributed by atoms with Crippen molar-refractivity contribution in [3.05, 3.63) is 72.4 Å². The first kappa shape index (κ1) is 28.7. The van der Waals surface area contributed by atoms with Gasteiger partial charge in [0.15, 0.2) is 11.5 Å². The van der Waals surface area contributed by atoms with Crippen molar-refractivity contribution in [2.24, 2.45) is 0 Å². The molecule has 1 fully saturated rings. The van der Waals surface area contributed by atoms with Crippen LogP contribution in [0.3, 0.4) is 0 Å². The standard InChI is InChI=1S/C31H36N6O5/c1-6-27(38)33-24-14-20(19-10-8-7-9-11-19)12-13-23(24)34-30-32-17-21-18-37(31(39)36(2)29(21)35-30)22-15-25(40-3)28(42-5)26(16-22)41-4/h6-11,15-17,20,23-24H,1,12-14,18H2,2-5H3,(H,33,38)(H,32,34,35)/t20?,23-,24+/m1/s1. The molecule has 0 radical (unpaired) electrons. The van der Waals surface area contributed by atoms with E-state index in [1.165, 1.54) is 37.9 Å². The summed E-state index contributed by atoms with van der Waals surface area (Å²) in [7, 11) is 6.28. The number of carbonyl (C=O) groups is 2. The molecule has 11 nitrogen and oxygen atoms in total. The lowest BCUT2D eigenvalue weighted by Gasteiger charge is -2.38. The van der Waals surface area contributed by atoms with Gasteiger partial charge in [0.1, 0.15) is 5.82 Å². The number of fused-ring (bicyclic) bond motifs is 1. The smallest absolute Gasteiger partial charge is 0.330 e. The second kappa shape index (κ2) is 12.4. The highest BCUT2D eigenvalue weighted by molar-refractivity contribution is 6.05. The Hall–Kier alpha value is -4.80. The molecule has 1 unspecified atom stereocenters. The van der Waals surface area contributed by atoms with E-state index in [0.717, 1.165) is 24.8 Å². The van der Waals surface area contributed by atoms with Gasteiger partial charge in [0.05, 0.1) is 33.6 Å². The number of urea groups is 1. The lowest BCUT2D eigenvalue weighted by molar-refractivity contribution is -0.117. The summed E-state index contributed by atoms with van der Waals surface area (Å²) in [5.41, 5.74) is 2.63. The molecule has 3 atom stereocenters. The second-order valence-electron chi connectivity index (χ2n) is 10.3. The van der Waals surface area contributed by atoms with Crippen molar-refractivity contribution >= 4 is 29.4 Å². The molecule has 1 aliphatic carbocycles. The average molecular weight is 573 g/mol. The monoisotopic (exact) mass is 572 g/mol. The summed E-state index contributed by atoms with van der Waals surface area (Å²) < 4.78 is 16.4. The fourth-order valence-corrected chi connectivity index (χ4v) is 5.74. The molecule has 1 aliphatic heterocycles. The summed E-state index contributed by atoms with van der Waals surface area (Å²) in [6.45, 7) is 3.87. The number of amides is 3. The molecule has 3 amide bonds. The number of hydrogen-bond donors (Lipinski definition) is 2. The van der Waals surface area contributed by atoms with Gasteiger partial charge in [0, 0.05) is 43.0 Å². The van der Waals surface area contributed by atoms with E-state index < -0.39 is 0 Å². The maximum atomic E-state index is 13.5. The van der Waals surface area contributed by atoms with E-state index in [0.29, 0.717) is 40.6 Å². The minimum atomic E-state index is -0.263. The third-order valence-electron chi connectivity index (χ3n) is 7.92. The Labute approximate surface area is 245 Å². The SMILES string of the molecule is C=CC(=O)N[C@H]1CC(c2ccccc2)CC[C@H]1Nc1ncc2c(n1)N(C)C(=O)N(c1cc(OC)c(OC)c(OC)c1)C2. The number of nitrogens with one attached hydrogen (secondary N) is 2. The number of hydrogen-bond acceptors (Lipinski definition) is 8. The highest BCUT2D eigenvalue weighted by Crippen LogP contribution is 2.42. The van der Waals surface area contributed by atoms with Gasteiger partial charge in [-0.2, -0.15) is 4.98 Å². The fraction of sp³-hybridized carbons (Fsp3) is 0.355. The molecule has 3 aromatic rings. The van der Waals surface area contributed by atoms with Gasteiger partial charge in [-0.15, -0.1) is 0 Å². The second-order valence-corrected chi connectivity index (χ2v) is 10.3. The normalized spacial score (nSPS) is 19.9. The van der Waals surface area contributed by atoms with Gasteiger partial charge in [0.2, 0.25) is 17.6 Å². The fourth-order valence-electron chi connectivity index (χ4n) is 5.74. The van der Waals surface area contributed by atoms with E-state index in [1.807, 2.05) is 18.2 Å². The Kier molecular flexibility index (Phi) is 8.46. The van der Waals surface area contributed by atoms with Gasteiger partial charge >= 0.3 is 6.03 Å². The average Bonchev–Trinajstić information content (AvgIpc) is 3.03. The Morgan fingerprint density at radius 1 is 1.05 bits per heavy atom. The van der Waals surface area contributed by atoms with Gasteiger partial charge in [0.25, 0.3) is 0 Å². The zero-order valence-electron chi connectivity index (χ0n) is 24.3. The first-order chi connectivity index (χ1) is 20.4. The number of nitrogens with zero attached hydrogens (tertiary/aromatic N) is 4. The van der Waals surface area contributed by atoms with Crippen LogP contribution in [0.15, 0.2) is 61.3 Å². The zero-order chi connectivity index (χ0) is 29.8. The molecule has 1 saturated carbocycles. The summed E-state index contributed by atoms with van der Waals surface area (Å²) in [5.74, 6) is 2.37. The molecule has 1 aromatic heterocycles. The number of benzene rings is 2. The molecule has 2 aliphatic rings. The van der Waals surface area contributed by atoms with Gasteiger partial charge < -0.3 is 24.8 Å². The van der Waals surface area contributed by atoms with Gasteiger partial charge in [-0.05, 0) is 36.8 Å². The molecule has 11 heteroatoms. The highest BCUT2D eigenvalue weighted by Gasteiger charge is 2.35. The van der Waals surface area contributed by atoms with Crippen LogP contribution >= 0.6 is 0 Å². The number of aromatic nitrogens is 2. The maximum Gasteiger partial charge on any atom is 0.330 e. The van der Waals surface area contributed by atoms with E-state index in [1.54, 1.807) is 30.3 Å². The highest BCUT2D eigenvalue weighted by atomic mass is 16.5. The molecule has 0 spiro atoms.